The van der Waals surface area contributed by atoms with E-state index in [0.717, 1.165) is 18.4 Å². The number of amides is 1. The minimum absolute atomic E-state index is 0.133. The fourth-order valence-corrected chi connectivity index (χ4v) is 2.19. The van der Waals surface area contributed by atoms with E-state index >= 15 is 0 Å². The maximum Gasteiger partial charge on any atom is 0.241 e. The molecule has 0 saturated carbocycles. The predicted molar refractivity (Wildman–Crippen MR) is 85.9 cm³/mol. The van der Waals surface area contributed by atoms with Crippen LogP contribution in [0.15, 0.2) is 54.6 Å². The van der Waals surface area contributed by atoms with Gasteiger partial charge < -0.3 is 11.1 Å². The fraction of sp³-hybridized carbons (Fsp3) is 0.278. The van der Waals surface area contributed by atoms with Crippen molar-refractivity contribution < 1.29 is 4.79 Å². The first kappa shape index (κ1) is 15.3. The van der Waals surface area contributed by atoms with Gasteiger partial charge in [-0.1, -0.05) is 61.5 Å². The molecule has 21 heavy (non-hydrogen) atoms. The molecule has 0 fully saturated rings. The van der Waals surface area contributed by atoms with E-state index in [1.54, 1.807) is 0 Å². The molecule has 0 spiro atoms. The van der Waals surface area contributed by atoms with Crippen molar-refractivity contribution in [3.05, 3.63) is 71.3 Å². The van der Waals surface area contributed by atoms with Crippen LogP contribution in [0.4, 0.5) is 0 Å². The van der Waals surface area contributed by atoms with Crippen molar-refractivity contribution in [1.29, 1.82) is 0 Å². The normalized spacial score (nSPS) is 11.9. The lowest BCUT2D eigenvalue weighted by atomic mass is 10.1. The molecule has 3 nitrogen and oxygen atoms in total. The van der Waals surface area contributed by atoms with Crippen LogP contribution in [0.25, 0.3) is 0 Å². The Hall–Kier alpha value is -2.13. The van der Waals surface area contributed by atoms with Crippen LogP contribution < -0.4 is 11.1 Å². The molecule has 110 valence electrons. The maximum absolute atomic E-state index is 12.0. The Morgan fingerprint density at radius 1 is 1.05 bits per heavy atom. The van der Waals surface area contributed by atoms with Crippen molar-refractivity contribution in [2.75, 3.05) is 6.54 Å². The van der Waals surface area contributed by atoms with Crippen LogP contribution in [0, 0.1) is 0 Å². The molecule has 0 bridgehead atoms. The molecule has 0 heterocycles. The predicted octanol–water partition coefficient (Wildman–Crippen LogP) is 2.61. The van der Waals surface area contributed by atoms with Gasteiger partial charge in [0.25, 0.3) is 0 Å². The van der Waals surface area contributed by atoms with E-state index < -0.39 is 6.04 Å². The number of aryl methyl sites for hydroxylation is 1. The number of hydrogen-bond donors (Lipinski definition) is 2. The third-order valence-electron chi connectivity index (χ3n) is 3.59. The Bertz CT molecular complexity index is 564. The van der Waals surface area contributed by atoms with Gasteiger partial charge in [0.05, 0.1) is 0 Å². The lowest BCUT2D eigenvalue weighted by molar-refractivity contribution is -0.122. The Balaban J connectivity index is 1.81. The fourth-order valence-electron chi connectivity index (χ4n) is 2.19. The van der Waals surface area contributed by atoms with E-state index in [1.165, 1.54) is 11.1 Å². The van der Waals surface area contributed by atoms with Gasteiger partial charge in [-0.2, -0.15) is 0 Å². The summed E-state index contributed by atoms with van der Waals surface area (Å²) in [5, 5.41) is 2.89. The highest BCUT2D eigenvalue weighted by molar-refractivity contribution is 5.82. The summed E-state index contributed by atoms with van der Waals surface area (Å²) in [4.78, 5) is 12.0. The Kier molecular flexibility index (Phi) is 5.52. The zero-order valence-corrected chi connectivity index (χ0v) is 12.4. The highest BCUT2D eigenvalue weighted by atomic mass is 16.2. The summed E-state index contributed by atoms with van der Waals surface area (Å²) >= 11 is 0. The van der Waals surface area contributed by atoms with Crippen molar-refractivity contribution >= 4 is 5.91 Å². The van der Waals surface area contributed by atoms with Gasteiger partial charge in [0.1, 0.15) is 6.04 Å². The summed E-state index contributed by atoms with van der Waals surface area (Å²) < 4.78 is 0. The molecule has 2 rings (SSSR count). The molecule has 2 aromatic carbocycles. The average molecular weight is 282 g/mol. The summed E-state index contributed by atoms with van der Waals surface area (Å²) in [5.41, 5.74) is 9.33. The minimum atomic E-state index is -0.603. The van der Waals surface area contributed by atoms with Crippen LogP contribution in [0.1, 0.15) is 29.7 Å². The number of carbonyl (C=O) groups excluding carboxylic acids is 1. The quantitative estimate of drug-likeness (QED) is 0.855. The highest BCUT2D eigenvalue weighted by Gasteiger charge is 2.14. The Morgan fingerprint density at radius 3 is 2.29 bits per heavy atom. The Labute approximate surface area is 126 Å². The molecule has 2 aromatic rings. The van der Waals surface area contributed by atoms with Gasteiger partial charge in [-0.15, -0.1) is 0 Å². The van der Waals surface area contributed by atoms with Crippen molar-refractivity contribution in [3.8, 4) is 0 Å². The number of hydrogen-bond acceptors (Lipinski definition) is 2. The molecule has 1 amide bonds. The lowest BCUT2D eigenvalue weighted by Crippen LogP contribution is -2.35. The van der Waals surface area contributed by atoms with E-state index in [9.17, 15) is 4.79 Å². The second kappa shape index (κ2) is 7.60. The molecule has 3 N–H and O–H groups in total. The van der Waals surface area contributed by atoms with Gasteiger partial charge in [0.15, 0.2) is 0 Å². The van der Waals surface area contributed by atoms with E-state index in [-0.39, 0.29) is 5.91 Å². The molecule has 0 saturated heterocycles. The summed E-state index contributed by atoms with van der Waals surface area (Å²) in [5.74, 6) is -0.133. The summed E-state index contributed by atoms with van der Waals surface area (Å²) in [6.07, 6.45) is 1.86. The van der Waals surface area contributed by atoms with Gasteiger partial charge in [-0.3, -0.25) is 4.79 Å². The van der Waals surface area contributed by atoms with Crippen LogP contribution in [-0.2, 0) is 17.6 Å². The minimum Gasteiger partial charge on any atom is -0.354 e. The van der Waals surface area contributed by atoms with E-state index in [1.807, 2.05) is 30.3 Å². The highest BCUT2D eigenvalue weighted by Crippen LogP contribution is 2.09. The second-order valence-corrected chi connectivity index (χ2v) is 5.10. The molecule has 0 aromatic heterocycles. The molecular weight excluding hydrogens is 260 g/mol. The Morgan fingerprint density at radius 2 is 1.67 bits per heavy atom. The second-order valence-electron chi connectivity index (χ2n) is 5.10. The number of nitrogens with two attached hydrogens (primary N) is 1. The number of benzene rings is 2. The molecule has 0 radical (unpaired) electrons. The maximum atomic E-state index is 12.0. The SMILES string of the molecule is CCc1ccc(CCNC(=O)C(N)c2ccccc2)cc1. The third kappa shape index (κ3) is 4.43. The van der Waals surface area contributed by atoms with Crippen molar-refractivity contribution in [3.63, 3.8) is 0 Å². The van der Waals surface area contributed by atoms with Gasteiger partial charge >= 0.3 is 0 Å². The zero-order valence-electron chi connectivity index (χ0n) is 12.4. The number of rotatable bonds is 6. The molecule has 1 atom stereocenters. The summed E-state index contributed by atoms with van der Waals surface area (Å²) in [6, 6.07) is 17.3. The summed E-state index contributed by atoms with van der Waals surface area (Å²) in [7, 11) is 0. The van der Waals surface area contributed by atoms with Crippen LogP contribution in [0.5, 0.6) is 0 Å². The van der Waals surface area contributed by atoms with E-state index in [0.29, 0.717) is 6.54 Å². The van der Waals surface area contributed by atoms with Crippen LogP contribution in [-0.4, -0.2) is 12.5 Å². The van der Waals surface area contributed by atoms with Crippen LogP contribution >= 0.6 is 0 Å². The largest absolute Gasteiger partial charge is 0.354 e. The molecule has 0 aliphatic rings. The van der Waals surface area contributed by atoms with Crippen LogP contribution in [0.2, 0.25) is 0 Å². The molecular formula is C18H22N2O. The first-order valence-corrected chi connectivity index (χ1v) is 7.36. The smallest absolute Gasteiger partial charge is 0.241 e. The van der Waals surface area contributed by atoms with Gasteiger partial charge in [-0.25, -0.2) is 0 Å². The first-order chi connectivity index (χ1) is 10.2. The van der Waals surface area contributed by atoms with Crippen molar-refractivity contribution in [2.45, 2.75) is 25.8 Å². The average Bonchev–Trinajstić information content (AvgIpc) is 2.55. The molecule has 3 heteroatoms. The lowest BCUT2D eigenvalue weighted by Gasteiger charge is -2.12. The standard InChI is InChI=1S/C18H22N2O/c1-2-14-8-10-15(11-9-14)12-13-20-18(21)17(19)16-6-4-3-5-7-16/h3-11,17H,2,12-13,19H2,1H3,(H,20,21). The van der Waals surface area contributed by atoms with Crippen LogP contribution in [0.3, 0.4) is 0 Å². The van der Waals surface area contributed by atoms with Crippen molar-refractivity contribution in [2.24, 2.45) is 5.73 Å². The van der Waals surface area contributed by atoms with Gasteiger partial charge in [0.2, 0.25) is 5.91 Å². The van der Waals surface area contributed by atoms with E-state index in [4.69, 9.17) is 5.73 Å². The molecule has 0 aliphatic heterocycles. The third-order valence-corrected chi connectivity index (χ3v) is 3.59. The van der Waals surface area contributed by atoms with Gasteiger partial charge in [0, 0.05) is 6.54 Å². The zero-order chi connectivity index (χ0) is 15.1. The van der Waals surface area contributed by atoms with Gasteiger partial charge in [-0.05, 0) is 29.5 Å². The van der Waals surface area contributed by atoms with Crippen molar-refractivity contribution in [1.82, 2.24) is 5.32 Å². The number of nitrogens with one attached hydrogen (secondary N) is 1. The molecule has 0 aliphatic carbocycles. The number of carbonyl (C=O) groups is 1. The first-order valence-electron chi connectivity index (χ1n) is 7.36. The topological polar surface area (TPSA) is 55.1 Å². The summed E-state index contributed by atoms with van der Waals surface area (Å²) in [6.45, 7) is 2.74. The molecule has 1 unspecified atom stereocenters. The monoisotopic (exact) mass is 282 g/mol. The van der Waals surface area contributed by atoms with E-state index in [2.05, 4.69) is 36.5 Å².